The van der Waals surface area contributed by atoms with Gasteiger partial charge in [-0.25, -0.2) is 0 Å². The van der Waals surface area contributed by atoms with Crippen molar-refractivity contribution in [1.82, 2.24) is 10.3 Å². The molecule has 7 heteroatoms. The van der Waals surface area contributed by atoms with E-state index in [0.717, 1.165) is 25.7 Å². The quantitative estimate of drug-likeness (QED) is 0.218. The van der Waals surface area contributed by atoms with Gasteiger partial charge in [0.2, 0.25) is 5.56 Å². The van der Waals surface area contributed by atoms with Crippen molar-refractivity contribution in [1.29, 1.82) is 0 Å². The lowest BCUT2D eigenvalue weighted by atomic mass is 9.88. The molecular weight excluding hydrogens is 272 g/mol. The molecule has 0 atom stereocenters. The molecule has 0 bridgehead atoms. The van der Waals surface area contributed by atoms with Gasteiger partial charge in [-0.05, 0) is 18.9 Å². The van der Waals surface area contributed by atoms with Gasteiger partial charge < -0.3 is 21.2 Å². The predicted molar refractivity (Wildman–Crippen MR) is 78.4 cm³/mol. The summed E-state index contributed by atoms with van der Waals surface area (Å²) in [5, 5.41) is 15.0. The smallest absolute Gasteiger partial charge is 0.268 e. The van der Waals surface area contributed by atoms with Crippen LogP contribution in [0.4, 0.5) is 0 Å². The third-order valence-electron chi connectivity index (χ3n) is 3.92. The summed E-state index contributed by atoms with van der Waals surface area (Å²) in [6.45, 7) is 0. The highest BCUT2D eigenvalue weighted by atomic mass is 16.4. The van der Waals surface area contributed by atoms with Gasteiger partial charge in [-0.3, -0.25) is 9.59 Å². The van der Waals surface area contributed by atoms with Crippen LogP contribution >= 0.6 is 0 Å². The maximum absolute atomic E-state index is 12.3. The number of amidine groups is 1. The summed E-state index contributed by atoms with van der Waals surface area (Å²) in [4.78, 5) is 26.1. The van der Waals surface area contributed by atoms with E-state index in [2.05, 4.69) is 15.5 Å². The molecule has 5 N–H and O–H groups in total. The van der Waals surface area contributed by atoms with Crippen LogP contribution in [-0.2, 0) is 0 Å². The van der Waals surface area contributed by atoms with Gasteiger partial charge in [0.25, 0.3) is 5.91 Å². The van der Waals surface area contributed by atoms with Crippen LogP contribution in [0.5, 0.6) is 0 Å². The van der Waals surface area contributed by atoms with E-state index < -0.39 is 11.4 Å². The highest BCUT2D eigenvalue weighted by Crippen LogP contribution is 2.27. The van der Waals surface area contributed by atoms with Gasteiger partial charge in [0, 0.05) is 6.07 Å². The molecule has 114 valence electrons. The van der Waals surface area contributed by atoms with E-state index in [1.807, 2.05) is 0 Å². The number of aromatic amines is 1. The zero-order chi connectivity index (χ0) is 15.3. The topological polar surface area (TPSA) is 121 Å². The second-order valence-electron chi connectivity index (χ2n) is 5.36. The molecule has 1 amide bonds. The number of amides is 1. The minimum atomic E-state index is -0.852. The molecule has 1 aromatic heterocycles. The Hall–Kier alpha value is -2.31. The first-order valence-corrected chi connectivity index (χ1v) is 7.07. The Labute approximate surface area is 122 Å². The fourth-order valence-electron chi connectivity index (χ4n) is 2.74. The number of pyridine rings is 1. The molecule has 0 unspecified atom stereocenters. The molecule has 1 heterocycles. The number of hydrogen-bond acceptors (Lipinski definition) is 4. The summed E-state index contributed by atoms with van der Waals surface area (Å²) in [5.74, 6) is -0.419. The molecule has 2 rings (SSSR count). The van der Waals surface area contributed by atoms with E-state index in [-0.39, 0.29) is 17.1 Å². The molecule has 0 saturated heterocycles. The monoisotopic (exact) mass is 292 g/mol. The van der Waals surface area contributed by atoms with Gasteiger partial charge in [-0.1, -0.05) is 36.9 Å². The van der Waals surface area contributed by atoms with Gasteiger partial charge in [-0.15, -0.1) is 0 Å². The molecule has 1 saturated carbocycles. The number of oxime groups is 1. The van der Waals surface area contributed by atoms with Crippen molar-refractivity contribution in [2.24, 2.45) is 10.9 Å². The largest absolute Gasteiger partial charge is 0.409 e. The molecule has 0 radical (unpaired) electrons. The van der Waals surface area contributed by atoms with E-state index in [1.54, 1.807) is 0 Å². The van der Waals surface area contributed by atoms with Crippen LogP contribution in [0.3, 0.4) is 0 Å². The SMILES string of the molecule is N/C(=N/O)C1(NC(=O)c2cccc(=O)[nH]2)CCCCCC1. The standard InChI is InChI=1S/C14H20N4O3/c15-13(18-21)14(8-3-1-2-4-9-14)17-12(20)10-6-5-7-11(19)16-10/h5-7,21H,1-4,8-9H2,(H2,15,18)(H,16,19)(H,17,20). The predicted octanol–water partition coefficient (Wildman–Crippen LogP) is 0.944. The second-order valence-corrected chi connectivity index (χ2v) is 5.36. The summed E-state index contributed by atoms with van der Waals surface area (Å²) in [7, 11) is 0. The Morgan fingerprint density at radius 3 is 2.52 bits per heavy atom. The lowest BCUT2D eigenvalue weighted by molar-refractivity contribution is 0.0910. The molecule has 1 aliphatic carbocycles. The molecular formula is C14H20N4O3. The highest BCUT2D eigenvalue weighted by molar-refractivity contribution is 5.99. The third kappa shape index (κ3) is 3.42. The van der Waals surface area contributed by atoms with Crippen molar-refractivity contribution in [2.45, 2.75) is 44.1 Å². The summed E-state index contributed by atoms with van der Waals surface area (Å²) < 4.78 is 0. The van der Waals surface area contributed by atoms with Crippen molar-refractivity contribution in [3.63, 3.8) is 0 Å². The Kier molecular flexibility index (Phi) is 4.62. The van der Waals surface area contributed by atoms with E-state index in [1.165, 1.54) is 18.2 Å². The Morgan fingerprint density at radius 1 is 1.29 bits per heavy atom. The zero-order valence-electron chi connectivity index (χ0n) is 11.8. The number of hydrogen-bond donors (Lipinski definition) is 4. The van der Waals surface area contributed by atoms with Crippen LogP contribution in [-0.4, -0.2) is 27.5 Å². The minimum absolute atomic E-state index is 0.0102. The van der Waals surface area contributed by atoms with E-state index in [4.69, 9.17) is 10.9 Å². The van der Waals surface area contributed by atoms with E-state index in [9.17, 15) is 9.59 Å². The van der Waals surface area contributed by atoms with Crippen molar-refractivity contribution >= 4 is 11.7 Å². The third-order valence-corrected chi connectivity index (χ3v) is 3.92. The highest BCUT2D eigenvalue weighted by Gasteiger charge is 2.37. The number of nitrogens with one attached hydrogen (secondary N) is 2. The average Bonchev–Trinajstić information content (AvgIpc) is 2.73. The minimum Gasteiger partial charge on any atom is -0.409 e. The average molecular weight is 292 g/mol. The molecule has 0 aromatic carbocycles. The van der Waals surface area contributed by atoms with Gasteiger partial charge in [0.1, 0.15) is 11.2 Å². The first kappa shape index (κ1) is 15.1. The number of H-pyrrole nitrogens is 1. The van der Waals surface area contributed by atoms with E-state index in [0.29, 0.717) is 12.8 Å². The first-order chi connectivity index (χ1) is 10.1. The van der Waals surface area contributed by atoms with Gasteiger partial charge in [0.05, 0.1) is 0 Å². The van der Waals surface area contributed by atoms with Crippen molar-refractivity contribution in [3.8, 4) is 0 Å². The molecule has 7 nitrogen and oxygen atoms in total. The molecule has 1 aliphatic rings. The molecule has 0 spiro atoms. The lowest BCUT2D eigenvalue weighted by Gasteiger charge is -2.32. The molecule has 0 aliphatic heterocycles. The molecule has 21 heavy (non-hydrogen) atoms. The Balaban J connectivity index is 2.26. The Bertz CT molecular complexity index is 586. The van der Waals surface area contributed by atoms with Crippen LogP contribution in [0.25, 0.3) is 0 Å². The summed E-state index contributed by atoms with van der Waals surface area (Å²) in [6.07, 6.45) is 5.12. The van der Waals surface area contributed by atoms with Crippen LogP contribution in [0.2, 0.25) is 0 Å². The fraction of sp³-hybridized carbons (Fsp3) is 0.500. The maximum atomic E-state index is 12.3. The Morgan fingerprint density at radius 2 is 1.95 bits per heavy atom. The van der Waals surface area contributed by atoms with Crippen LogP contribution < -0.4 is 16.6 Å². The van der Waals surface area contributed by atoms with Gasteiger partial charge in [-0.2, -0.15) is 0 Å². The zero-order valence-corrected chi connectivity index (χ0v) is 11.8. The van der Waals surface area contributed by atoms with Crippen molar-refractivity contribution in [2.75, 3.05) is 0 Å². The van der Waals surface area contributed by atoms with Gasteiger partial charge in [0.15, 0.2) is 5.84 Å². The summed E-state index contributed by atoms with van der Waals surface area (Å²) in [5.41, 5.74) is 4.79. The lowest BCUT2D eigenvalue weighted by Crippen LogP contribution is -2.57. The summed E-state index contributed by atoms with van der Waals surface area (Å²) >= 11 is 0. The van der Waals surface area contributed by atoms with Gasteiger partial charge >= 0.3 is 0 Å². The van der Waals surface area contributed by atoms with Crippen LogP contribution in [0, 0.1) is 0 Å². The molecule has 1 aromatic rings. The number of nitrogens with zero attached hydrogens (tertiary/aromatic N) is 1. The number of rotatable bonds is 3. The normalized spacial score (nSPS) is 18.8. The van der Waals surface area contributed by atoms with Crippen LogP contribution in [0.15, 0.2) is 28.1 Å². The summed E-state index contributed by atoms with van der Waals surface area (Å²) in [6, 6.07) is 4.37. The number of aromatic nitrogens is 1. The number of carbonyl (C=O) groups is 1. The number of nitrogens with two attached hydrogens (primary N) is 1. The first-order valence-electron chi connectivity index (χ1n) is 7.07. The van der Waals surface area contributed by atoms with Crippen LogP contribution in [0.1, 0.15) is 49.0 Å². The van der Waals surface area contributed by atoms with Crippen molar-refractivity contribution < 1.29 is 10.0 Å². The maximum Gasteiger partial charge on any atom is 0.268 e. The van der Waals surface area contributed by atoms with Crippen molar-refractivity contribution in [3.05, 3.63) is 34.2 Å². The molecule has 1 fully saturated rings. The number of carbonyl (C=O) groups excluding carboxylic acids is 1. The fourth-order valence-corrected chi connectivity index (χ4v) is 2.74. The second kappa shape index (κ2) is 6.43. The van der Waals surface area contributed by atoms with E-state index >= 15 is 0 Å².